The van der Waals surface area contributed by atoms with E-state index in [0.29, 0.717) is 31.7 Å². The smallest absolute Gasteiger partial charge is 0.225 e. The lowest BCUT2D eigenvalue weighted by Gasteiger charge is -2.15. The fraction of sp³-hybridized carbons (Fsp3) is 0.312. The standard InChI is InChI=1S/C16H17N3O2/c1-19(10-3-8-17)16(20)7-11-21-14-6-5-13-4-2-9-18-15(13)12-14/h2,4-6,9,12H,3,7,10-11H2,1H3. The van der Waals surface area contributed by atoms with Crippen molar-refractivity contribution in [3.8, 4) is 11.8 Å². The van der Waals surface area contributed by atoms with Crippen LogP contribution in [0.25, 0.3) is 10.9 Å². The summed E-state index contributed by atoms with van der Waals surface area (Å²) in [6, 6.07) is 11.6. The number of ether oxygens (including phenoxy) is 1. The minimum atomic E-state index is -0.0239. The third-order valence-electron chi connectivity index (χ3n) is 3.15. The predicted molar refractivity (Wildman–Crippen MR) is 79.7 cm³/mol. The lowest BCUT2D eigenvalue weighted by atomic mass is 10.2. The Hall–Kier alpha value is -2.61. The first kappa shape index (κ1) is 14.8. The number of aromatic nitrogens is 1. The Labute approximate surface area is 123 Å². The van der Waals surface area contributed by atoms with Gasteiger partial charge in [-0.1, -0.05) is 6.07 Å². The number of benzene rings is 1. The Morgan fingerprint density at radius 3 is 3.10 bits per heavy atom. The van der Waals surface area contributed by atoms with Gasteiger partial charge < -0.3 is 9.64 Å². The van der Waals surface area contributed by atoms with Gasteiger partial charge in [-0.3, -0.25) is 9.78 Å². The number of rotatable bonds is 6. The molecule has 108 valence electrons. The van der Waals surface area contributed by atoms with E-state index in [2.05, 4.69) is 4.98 Å². The molecular weight excluding hydrogens is 266 g/mol. The Balaban J connectivity index is 1.85. The number of nitriles is 1. The van der Waals surface area contributed by atoms with Crippen molar-refractivity contribution in [3.05, 3.63) is 36.5 Å². The molecule has 1 heterocycles. The van der Waals surface area contributed by atoms with Crippen LogP contribution >= 0.6 is 0 Å². The highest BCUT2D eigenvalue weighted by atomic mass is 16.5. The van der Waals surface area contributed by atoms with Crippen LogP contribution < -0.4 is 4.74 Å². The van der Waals surface area contributed by atoms with Crippen molar-refractivity contribution in [2.24, 2.45) is 0 Å². The summed E-state index contributed by atoms with van der Waals surface area (Å²) in [6.45, 7) is 0.767. The average molecular weight is 283 g/mol. The van der Waals surface area contributed by atoms with Crippen LogP contribution in [0.3, 0.4) is 0 Å². The Morgan fingerprint density at radius 1 is 1.43 bits per heavy atom. The second kappa shape index (κ2) is 7.25. The molecule has 1 amide bonds. The zero-order valence-electron chi connectivity index (χ0n) is 12.0. The molecule has 0 aliphatic carbocycles. The Morgan fingerprint density at radius 2 is 2.29 bits per heavy atom. The average Bonchev–Trinajstić information content (AvgIpc) is 2.52. The molecule has 0 spiro atoms. The molecular formula is C16H17N3O2. The van der Waals surface area contributed by atoms with Crippen LogP contribution in [0, 0.1) is 11.3 Å². The van der Waals surface area contributed by atoms with E-state index in [-0.39, 0.29) is 5.91 Å². The maximum atomic E-state index is 11.8. The van der Waals surface area contributed by atoms with Crippen molar-refractivity contribution in [3.63, 3.8) is 0 Å². The molecule has 0 saturated heterocycles. The lowest BCUT2D eigenvalue weighted by Crippen LogP contribution is -2.28. The fourth-order valence-corrected chi connectivity index (χ4v) is 1.93. The monoisotopic (exact) mass is 283 g/mol. The first-order chi connectivity index (χ1) is 10.2. The molecule has 0 atom stereocenters. The summed E-state index contributed by atoms with van der Waals surface area (Å²) in [4.78, 5) is 17.6. The molecule has 0 aliphatic heterocycles. The van der Waals surface area contributed by atoms with Crippen LogP contribution in [0.5, 0.6) is 5.75 Å². The number of hydrogen-bond donors (Lipinski definition) is 0. The van der Waals surface area contributed by atoms with Gasteiger partial charge in [0, 0.05) is 31.2 Å². The molecule has 0 unspecified atom stereocenters. The number of pyridine rings is 1. The maximum absolute atomic E-state index is 11.8. The van der Waals surface area contributed by atoms with Crippen LogP contribution in [-0.4, -0.2) is 36.0 Å². The zero-order valence-corrected chi connectivity index (χ0v) is 12.0. The molecule has 1 aromatic heterocycles. The van der Waals surface area contributed by atoms with E-state index in [1.807, 2.05) is 36.4 Å². The van der Waals surface area contributed by atoms with Crippen LogP contribution in [0.1, 0.15) is 12.8 Å². The molecule has 0 aliphatic rings. The summed E-state index contributed by atoms with van der Waals surface area (Å²) in [6.07, 6.45) is 2.38. The molecule has 2 aromatic rings. The van der Waals surface area contributed by atoms with Crippen molar-refractivity contribution in [2.75, 3.05) is 20.2 Å². The normalized spacial score (nSPS) is 10.1. The van der Waals surface area contributed by atoms with Gasteiger partial charge in [0.1, 0.15) is 5.75 Å². The van der Waals surface area contributed by atoms with E-state index >= 15 is 0 Å². The summed E-state index contributed by atoms with van der Waals surface area (Å²) in [5.41, 5.74) is 0.868. The van der Waals surface area contributed by atoms with Gasteiger partial charge in [0.25, 0.3) is 0 Å². The molecule has 0 fully saturated rings. The highest BCUT2D eigenvalue weighted by Crippen LogP contribution is 2.18. The van der Waals surface area contributed by atoms with Gasteiger partial charge in [0.2, 0.25) is 5.91 Å². The van der Waals surface area contributed by atoms with E-state index in [1.165, 1.54) is 0 Å². The molecule has 0 bridgehead atoms. The zero-order chi connectivity index (χ0) is 15.1. The molecule has 21 heavy (non-hydrogen) atoms. The molecule has 0 saturated carbocycles. The van der Waals surface area contributed by atoms with Gasteiger partial charge in [-0.25, -0.2) is 0 Å². The molecule has 1 aromatic carbocycles. The number of amides is 1. The van der Waals surface area contributed by atoms with E-state index in [9.17, 15) is 4.79 Å². The third-order valence-corrected chi connectivity index (χ3v) is 3.15. The minimum Gasteiger partial charge on any atom is -0.493 e. The summed E-state index contributed by atoms with van der Waals surface area (Å²) in [5, 5.41) is 9.54. The van der Waals surface area contributed by atoms with Crippen LogP contribution in [-0.2, 0) is 4.79 Å². The quantitative estimate of drug-likeness (QED) is 0.816. The second-order valence-electron chi connectivity index (χ2n) is 4.68. The molecule has 5 nitrogen and oxygen atoms in total. The van der Waals surface area contributed by atoms with Gasteiger partial charge in [0.05, 0.1) is 31.0 Å². The van der Waals surface area contributed by atoms with Crippen LogP contribution in [0.2, 0.25) is 0 Å². The van der Waals surface area contributed by atoms with E-state index in [4.69, 9.17) is 10.00 Å². The lowest BCUT2D eigenvalue weighted by molar-refractivity contribution is -0.130. The molecule has 2 rings (SSSR count). The van der Waals surface area contributed by atoms with Crippen LogP contribution in [0.15, 0.2) is 36.5 Å². The van der Waals surface area contributed by atoms with E-state index in [0.717, 1.165) is 10.9 Å². The fourth-order valence-electron chi connectivity index (χ4n) is 1.93. The summed E-state index contributed by atoms with van der Waals surface area (Å²) in [5.74, 6) is 0.679. The topological polar surface area (TPSA) is 66.2 Å². The molecule has 0 radical (unpaired) electrons. The number of carbonyl (C=O) groups is 1. The van der Waals surface area contributed by atoms with Gasteiger partial charge >= 0.3 is 0 Å². The Bertz CT molecular complexity index is 664. The first-order valence-electron chi connectivity index (χ1n) is 6.79. The maximum Gasteiger partial charge on any atom is 0.225 e. The van der Waals surface area contributed by atoms with Crippen molar-refractivity contribution >= 4 is 16.8 Å². The van der Waals surface area contributed by atoms with Crippen molar-refractivity contribution in [2.45, 2.75) is 12.8 Å². The number of fused-ring (bicyclic) bond motifs is 1. The van der Waals surface area contributed by atoms with Crippen LogP contribution in [0.4, 0.5) is 0 Å². The van der Waals surface area contributed by atoms with Gasteiger partial charge in [-0.2, -0.15) is 5.26 Å². The van der Waals surface area contributed by atoms with Crippen molar-refractivity contribution in [1.29, 1.82) is 5.26 Å². The number of carbonyl (C=O) groups excluding carboxylic acids is 1. The minimum absolute atomic E-state index is 0.0239. The van der Waals surface area contributed by atoms with Gasteiger partial charge in [-0.15, -0.1) is 0 Å². The van der Waals surface area contributed by atoms with Crippen molar-refractivity contribution in [1.82, 2.24) is 9.88 Å². The summed E-state index contributed by atoms with van der Waals surface area (Å²) < 4.78 is 5.59. The number of hydrogen-bond acceptors (Lipinski definition) is 4. The number of nitrogens with zero attached hydrogens (tertiary/aromatic N) is 3. The SMILES string of the molecule is CN(CCC#N)C(=O)CCOc1ccc2cccnc2c1. The van der Waals surface area contributed by atoms with E-state index in [1.54, 1.807) is 18.1 Å². The van der Waals surface area contributed by atoms with E-state index < -0.39 is 0 Å². The Kier molecular flexibility index (Phi) is 5.10. The summed E-state index contributed by atoms with van der Waals surface area (Å²) >= 11 is 0. The first-order valence-corrected chi connectivity index (χ1v) is 6.79. The third kappa shape index (κ3) is 4.18. The second-order valence-corrected chi connectivity index (χ2v) is 4.68. The molecule has 0 N–H and O–H groups in total. The van der Waals surface area contributed by atoms with Gasteiger partial charge in [-0.05, 0) is 18.2 Å². The predicted octanol–water partition coefficient (Wildman–Crippen LogP) is 2.38. The highest BCUT2D eigenvalue weighted by Gasteiger charge is 2.08. The molecule has 5 heteroatoms. The van der Waals surface area contributed by atoms with Gasteiger partial charge in [0.15, 0.2) is 0 Å². The highest BCUT2D eigenvalue weighted by molar-refractivity contribution is 5.79. The largest absolute Gasteiger partial charge is 0.493 e. The summed E-state index contributed by atoms with van der Waals surface area (Å²) in [7, 11) is 1.69. The van der Waals surface area contributed by atoms with Crippen molar-refractivity contribution < 1.29 is 9.53 Å².